The zero-order valence-corrected chi connectivity index (χ0v) is 18.0. The molecule has 0 radical (unpaired) electrons. The number of carbonyl (C=O) groups is 1. The first kappa shape index (κ1) is 21.9. The van der Waals surface area contributed by atoms with Gasteiger partial charge in [0, 0.05) is 18.7 Å². The number of hydrogen-bond acceptors (Lipinski definition) is 6. The van der Waals surface area contributed by atoms with Crippen molar-refractivity contribution >= 4 is 21.6 Å². The highest BCUT2D eigenvalue weighted by Gasteiger charge is 2.28. The molecule has 0 spiro atoms. The van der Waals surface area contributed by atoms with E-state index in [1.54, 1.807) is 12.1 Å². The molecule has 0 aliphatic carbocycles. The van der Waals surface area contributed by atoms with Crippen LogP contribution in [0.25, 0.3) is 0 Å². The van der Waals surface area contributed by atoms with E-state index in [-0.39, 0.29) is 28.0 Å². The Morgan fingerprint density at radius 1 is 1.10 bits per heavy atom. The summed E-state index contributed by atoms with van der Waals surface area (Å²) in [6, 6.07) is 8.58. The molecular weight excluding hydrogens is 408 g/mol. The molecule has 0 saturated carbocycles. The average molecular weight is 435 g/mol. The lowest BCUT2D eigenvalue weighted by Gasteiger charge is -2.17. The average Bonchev–Trinajstić information content (AvgIpc) is 3.25. The fourth-order valence-electron chi connectivity index (χ4n) is 3.21. The summed E-state index contributed by atoms with van der Waals surface area (Å²) in [7, 11) is -2.20. The van der Waals surface area contributed by atoms with E-state index in [0.29, 0.717) is 24.6 Å². The molecule has 2 aromatic carbocycles. The van der Waals surface area contributed by atoms with Crippen molar-refractivity contribution in [3.8, 4) is 17.2 Å². The van der Waals surface area contributed by atoms with E-state index >= 15 is 0 Å². The van der Waals surface area contributed by atoms with Crippen molar-refractivity contribution in [1.82, 2.24) is 4.31 Å². The third-order valence-electron chi connectivity index (χ3n) is 4.71. The zero-order valence-electron chi connectivity index (χ0n) is 17.2. The first-order chi connectivity index (χ1) is 14.2. The van der Waals surface area contributed by atoms with Crippen molar-refractivity contribution < 1.29 is 27.8 Å². The smallest absolute Gasteiger partial charge is 0.255 e. The Morgan fingerprint density at radius 3 is 2.43 bits per heavy atom. The number of phenols is 1. The van der Waals surface area contributed by atoms with Gasteiger partial charge in [0.2, 0.25) is 10.0 Å². The minimum absolute atomic E-state index is 0.0155. The molecule has 1 heterocycles. The quantitative estimate of drug-likeness (QED) is 0.649. The summed E-state index contributed by atoms with van der Waals surface area (Å²) in [5.41, 5.74) is 0.289. The van der Waals surface area contributed by atoms with Crippen LogP contribution in [-0.4, -0.2) is 50.0 Å². The van der Waals surface area contributed by atoms with E-state index in [0.717, 1.165) is 12.8 Å². The summed E-state index contributed by atoms with van der Waals surface area (Å²) in [5, 5.41) is 12.7. The van der Waals surface area contributed by atoms with Gasteiger partial charge in [0.05, 0.1) is 23.8 Å². The predicted molar refractivity (Wildman–Crippen MR) is 113 cm³/mol. The maximum atomic E-state index is 12.8. The fourth-order valence-corrected chi connectivity index (χ4v) is 4.75. The second-order valence-electron chi connectivity index (χ2n) is 7.28. The van der Waals surface area contributed by atoms with Crippen LogP contribution in [0, 0.1) is 0 Å². The van der Waals surface area contributed by atoms with Gasteiger partial charge in [-0.2, -0.15) is 4.31 Å². The monoisotopic (exact) mass is 434 g/mol. The maximum absolute atomic E-state index is 12.8. The van der Waals surface area contributed by atoms with Crippen LogP contribution in [0.4, 0.5) is 5.69 Å². The van der Waals surface area contributed by atoms with E-state index < -0.39 is 15.9 Å². The molecule has 8 nitrogen and oxygen atoms in total. The Labute approximate surface area is 176 Å². The Hall–Kier alpha value is -2.78. The van der Waals surface area contributed by atoms with Gasteiger partial charge in [-0.3, -0.25) is 4.79 Å². The summed E-state index contributed by atoms with van der Waals surface area (Å²) in [4.78, 5) is 12.7. The zero-order chi connectivity index (χ0) is 21.9. The predicted octanol–water partition coefficient (Wildman–Crippen LogP) is 3.22. The number of anilines is 1. The molecule has 1 aliphatic heterocycles. The van der Waals surface area contributed by atoms with E-state index in [2.05, 4.69) is 5.32 Å². The number of amides is 1. The number of nitrogens with zero attached hydrogens (tertiary/aromatic N) is 1. The normalized spacial score (nSPS) is 14.7. The second kappa shape index (κ2) is 8.93. The van der Waals surface area contributed by atoms with Gasteiger partial charge in [-0.15, -0.1) is 0 Å². The molecule has 0 unspecified atom stereocenters. The van der Waals surface area contributed by atoms with Crippen molar-refractivity contribution in [3.63, 3.8) is 0 Å². The Bertz CT molecular complexity index is 1030. The molecule has 1 saturated heterocycles. The lowest BCUT2D eigenvalue weighted by atomic mass is 10.1. The van der Waals surface area contributed by atoms with Gasteiger partial charge in [0.1, 0.15) is 5.75 Å². The lowest BCUT2D eigenvalue weighted by Crippen LogP contribution is -2.28. The number of nitrogens with one attached hydrogen (secondary N) is 1. The highest BCUT2D eigenvalue weighted by Crippen LogP contribution is 2.32. The Kier molecular flexibility index (Phi) is 6.52. The van der Waals surface area contributed by atoms with E-state index in [9.17, 15) is 18.3 Å². The van der Waals surface area contributed by atoms with Crippen LogP contribution in [0.2, 0.25) is 0 Å². The number of sulfonamides is 1. The molecule has 162 valence electrons. The van der Waals surface area contributed by atoms with Crippen LogP contribution in [0.5, 0.6) is 17.2 Å². The summed E-state index contributed by atoms with van der Waals surface area (Å²) >= 11 is 0. The molecule has 3 rings (SSSR count). The van der Waals surface area contributed by atoms with Gasteiger partial charge in [0.25, 0.3) is 5.91 Å². The SMILES string of the molecule is COc1cc(C(=O)Nc2cc(S(=O)(=O)N3CCCC3)ccc2O)ccc1OC(C)C. The van der Waals surface area contributed by atoms with Crippen LogP contribution in [0.3, 0.4) is 0 Å². The topological polar surface area (TPSA) is 105 Å². The molecule has 9 heteroatoms. The van der Waals surface area contributed by atoms with Crippen molar-refractivity contribution in [2.45, 2.75) is 37.7 Å². The number of aromatic hydroxyl groups is 1. The standard InChI is InChI=1S/C21H26N2O6S/c1-14(2)29-19-9-6-15(12-20(19)28-3)21(25)22-17-13-16(7-8-18(17)24)30(26,27)23-10-4-5-11-23/h6-9,12-14,24H,4-5,10-11H2,1-3H3,(H,22,25). The first-order valence-corrected chi connectivity index (χ1v) is 11.2. The molecule has 0 aromatic heterocycles. The van der Waals surface area contributed by atoms with Crippen LogP contribution in [0.15, 0.2) is 41.3 Å². The molecule has 0 bridgehead atoms. The molecule has 1 fully saturated rings. The highest BCUT2D eigenvalue weighted by atomic mass is 32.2. The molecule has 2 N–H and O–H groups in total. The van der Waals surface area contributed by atoms with Gasteiger partial charge in [-0.1, -0.05) is 0 Å². The number of rotatable bonds is 7. The van der Waals surface area contributed by atoms with Gasteiger partial charge >= 0.3 is 0 Å². The van der Waals surface area contributed by atoms with Crippen molar-refractivity contribution in [1.29, 1.82) is 0 Å². The number of methoxy groups -OCH3 is 1. The minimum atomic E-state index is -3.67. The summed E-state index contributed by atoms with van der Waals surface area (Å²) < 4.78 is 37.9. The summed E-state index contributed by atoms with van der Waals surface area (Å²) in [5.74, 6) is 0.155. The van der Waals surface area contributed by atoms with Gasteiger partial charge in [-0.25, -0.2) is 8.42 Å². The number of carbonyl (C=O) groups excluding carboxylic acids is 1. The Balaban J connectivity index is 1.85. The number of hydrogen-bond donors (Lipinski definition) is 2. The van der Waals surface area contributed by atoms with Gasteiger partial charge in [-0.05, 0) is 63.1 Å². The minimum Gasteiger partial charge on any atom is -0.506 e. The van der Waals surface area contributed by atoms with Crippen LogP contribution < -0.4 is 14.8 Å². The molecule has 1 amide bonds. The summed E-state index contributed by atoms with van der Waals surface area (Å²) in [6.45, 7) is 4.70. The number of phenolic OH excluding ortho intramolecular Hbond substituents is 1. The third-order valence-corrected chi connectivity index (χ3v) is 6.60. The van der Waals surface area contributed by atoms with Crippen LogP contribution in [-0.2, 0) is 10.0 Å². The van der Waals surface area contributed by atoms with E-state index in [1.165, 1.54) is 35.7 Å². The van der Waals surface area contributed by atoms with Gasteiger partial charge in [0.15, 0.2) is 11.5 Å². The summed E-state index contributed by atoms with van der Waals surface area (Å²) in [6.07, 6.45) is 1.58. The van der Waals surface area contributed by atoms with Gasteiger partial charge < -0.3 is 19.9 Å². The largest absolute Gasteiger partial charge is 0.506 e. The number of benzene rings is 2. The van der Waals surface area contributed by atoms with Crippen LogP contribution in [0.1, 0.15) is 37.0 Å². The van der Waals surface area contributed by atoms with Crippen molar-refractivity contribution in [2.24, 2.45) is 0 Å². The molecule has 30 heavy (non-hydrogen) atoms. The highest BCUT2D eigenvalue weighted by molar-refractivity contribution is 7.89. The lowest BCUT2D eigenvalue weighted by molar-refractivity contribution is 0.102. The maximum Gasteiger partial charge on any atom is 0.255 e. The molecular formula is C21H26N2O6S. The van der Waals surface area contributed by atoms with Crippen molar-refractivity contribution in [2.75, 3.05) is 25.5 Å². The van der Waals surface area contributed by atoms with Crippen LogP contribution >= 0.6 is 0 Å². The Morgan fingerprint density at radius 2 is 1.80 bits per heavy atom. The molecule has 2 aromatic rings. The number of ether oxygens (including phenoxy) is 2. The first-order valence-electron chi connectivity index (χ1n) is 9.71. The second-order valence-corrected chi connectivity index (χ2v) is 9.21. The molecule has 1 aliphatic rings. The molecule has 0 atom stereocenters. The van der Waals surface area contributed by atoms with E-state index in [1.807, 2.05) is 13.8 Å². The third kappa shape index (κ3) is 4.68. The van der Waals surface area contributed by atoms with Crippen molar-refractivity contribution in [3.05, 3.63) is 42.0 Å². The fraction of sp³-hybridized carbons (Fsp3) is 0.381. The van der Waals surface area contributed by atoms with E-state index in [4.69, 9.17) is 9.47 Å².